The number of carboxylic acid groups (broad SMARTS) is 1. The second-order valence-corrected chi connectivity index (χ2v) is 5.55. The van der Waals surface area contributed by atoms with Gasteiger partial charge in [-0.3, -0.25) is 9.59 Å². The fourth-order valence-electron chi connectivity index (χ4n) is 2.32. The number of carbonyl (C=O) groups excluding carboxylic acids is 3. The normalized spacial score (nSPS) is 10.5. The molecule has 0 heterocycles. The van der Waals surface area contributed by atoms with Crippen LogP contribution in [0, 0.1) is 13.8 Å². The van der Waals surface area contributed by atoms with Crippen LogP contribution in [0.15, 0.2) is 54.6 Å². The van der Waals surface area contributed by atoms with Gasteiger partial charge in [0.15, 0.2) is 0 Å². The number of amides is 2. The van der Waals surface area contributed by atoms with Crippen molar-refractivity contribution in [3.63, 3.8) is 0 Å². The molecule has 0 aromatic heterocycles. The molecule has 0 radical (unpaired) electrons. The second kappa shape index (κ2) is 7.92. The molecule has 2 N–H and O–H groups in total. The molecule has 0 aliphatic carbocycles. The van der Waals surface area contributed by atoms with Crippen LogP contribution in [0.1, 0.15) is 21.5 Å². The van der Waals surface area contributed by atoms with Crippen molar-refractivity contribution in [3.05, 3.63) is 71.3 Å². The maximum absolute atomic E-state index is 12.4. The zero-order chi connectivity index (χ0) is 18.4. The lowest BCUT2D eigenvalue weighted by molar-refractivity contribution is -0.297. The van der Waals surface area contributed by atoms with Crippen LogP contribution in [0.4, 0.5) is 11.4 Å². The van der Waals surface area contributed by atoms with Crippen molar-refractivity contribution in [3.8, 4) is 0 Å². The van der Waals surface area contributed by atoms with Crippen LogP contribution in [0.25, 0.3) is 0 Å². The molecule has 0 spiro atoms. The lowest BCUT2D eigenvalue weighted by atomic mass is 10.1. The van der Waals surface area contributed by atoms with Gasteiger partial charge in [-0.1, -0.05) is 12.1 Å². The molecular weight excluding hydrogens is 320 g/mol. The Morgan fingerprint density at radius 1 is 0.880 bits per heavy atom. The van der Waals surface area contributed by atoms with Crippen molar-refractivity contribution in [2.45, 2.75) is 13.8 Å². The number of rotatable bonds is 5. The van der Waals surface area contributed by atoms with Crippen molar-refractivity contribution in [2.75, 3.05) is 10.6 Å². The van der Waals surface area contributed by atoms with Crippen LogP contribution in [0.2, 0.25) is 0 Å². The summed E-state index contributed by atoms with van der Waals surface area (Å²) in [6.45, 7) is 3.89. The number of aryl methyl sites for hydroxylation is 2. The van der Waals surface area contributed by atoms with E-state index in [0.29, 0.717) is 23.0 Å². The van der Waals surface area contributed by atoms with E-state index in [1.54, 1.807) is 18.2 Å². The van der Waals surface area contributed by atoms with Crippen LogP contribution in [0.5, 0.6) is 0 Å². The van der Waals surface area contributed by atoms with Crippen molar-refractivity contribution in [1.29, 1.82) is 0 Å². The average Bonchev–Trinajstić information content (AvgIpc) is 2.52. The summed E-state index contributed by atoms with van der Waals surface area (Å²) < 4.78 is 0. The number of nitrogens with one attached hydrogen (secondary N) is 2. The van der Waals surface area contributed by atoms with Crippen LogP contribution >= 0.6 is 0 Å². The van der Waals surface area contributed by atoms with E-state index in [1.807, 2.05) is 32.0 Å². The molecule has 0 aliphatic rings. The molecule has 2 amide bonds. The van der Waals surface area contributed by atoms with Gasteiger partial charge in [-0.15, -0.1) is 0 Å². The van der Waals surface area contributed by atoms with Gasteiger partial charge in [0, 0.05) is 23.0 Å². The Labute approximate surface area is 145 Å². The second-order valence-electron chi connectivity index (χ2n) is 5.55. The van der Waals surface area contributed by atoms with E-state index in [2.05, 4.69) is 10.6 Å². The smallest absolute Gasteiger partial charge is 0.255 e. The Morgan fingerprint density at radius 2 is 1.56 bits per heavy atom. The van der Waals surface area contributed by atoms with Crippen molar-refractivity contribution in [1.82, 2.24) is 0 Å². The highest BCUT2D eigenvalue weighted by molar-refractivity contribution is 6.06. The first kappa shape index (κ1) is 17.9. The van der Waals surface area contributed by atoms with Crippen LogP contribution in [-0.4, -0.2) is 17.8 Å². The number of aliphatic carboxylic acids is 1. The monoisotopic (exact) mass is 337 g/mol. The summed E-state index contributed by atoms with van der Waals surface area (Å²) in [7, 11) is 0. The number of benzene rings is 2. The summed E-state index contributed by atoms with van der Waals surface area (Å²) in [5.41, 5.74) is 3.50. The molecule has 2 rings (SSSR count). The van der Waals surface area contributed by atoms with Crippen molar-refractivity contribution in [2.24, 2.45) is 0 Å². The SMILES string of the molecule is Cc1cc(C)cc(NC(=O)c2cccc(NC(=O)C=CC(=O)[O-])c2)c1. The molecule has 25 heavy (non-hydrogen) atoms. The average molecular weight is 337 g/mol. The van der Waals surface area contributed by atoms with Crippen LogP contribution in [0.3, 0.4) is 0 Å². The maximum atomic E-state index is 12.4. The molecule has 6 nitrogen and oxygen atoms in total. The molecule has 2 aromatic rings. The van der Waals surface area contributed by atoms with Gasteiger partial charge in [0.1, 0.15) is 0 Å². The number of hydrogen-bond donors (Lipinski definition) is 2. The van der Waals surface area contributed by atoms with Gasteiger partial charge < -0.3 is 20.5 Å². The number of anilines is 2. The summed E-state index contributed by atoms with van der Waals surface area (Å²) in [5.74, 6) is -2.40. The summed E-state index contributed by atoms with van der Waals surface area (Å²) in [6, 6.07) is 12.1. The van der Waals surface area contributed by atoms with E-state index in [4.69, 9.17) is 0 Å². The first-order chi connectivity index (χ1) is 11.8. The number of carboxylic acids is 1. The zero-order valence-electron chi connectivity index (χ0n) is 13.8. The molecule has 0 bridgehead atoms. The van der Waals surface area contributed by atoms with Crippen molar-refractivity contribution >= 4 is 29.2 Å². The Bertz CT molecular complexity index is 836. The number of hydrogen-bond acceptors (Lipinski definition) is 4. The third kappa shape index (κ3) is 5.62. The van der Waals surface area contributed by atoms with Gasteiger partial charge in [0.05, 0.1) is 5.97 Å². The molecule has 0 saturated carbocycles. The van der Waals surface area contributed by atoms with Gasteiger partial charge in [0.25, 0.3) is 5.91 Å². The predicted octanol–water partition coefficient (Wildman–Crippen LogP) is 1.80. The Balaban J connectivity index is 2.10. The van der Waals surface area contributed by atoms with Gasteiger partial charge in [0.2, 0.25) is 5.91 Å². The third-order valence-corrected chi connectivity index (χ3v) is 3.24. The number of carbonyl (C=O) groups is 3. The molecule has 0 unspecified atom stereocenters. The van der Waals surface area contributed by atoms with Gasteiger partial charge in [-0.2, -0.15) is 0 Å². The predicted molar refractivity (Wildman–Crippen MR) is 93.1 cm³/mol. The largest absolute Gasteiger partial charge is 0.545 e. The molecule has 128 valence electrons. The van der Waals surface area contributed by atoms with Crippen LogP contribution in [-0.2, 0) is 9.59 Å². The van der Waals surface area contributed by atoms with E-state index in [9.17, 15) is 19.5 Å². The maximum Gasteiger partial charge on any atom is 0.255 e. The summed E-state index contributed by atoms with van der Waals surface area (Å²) in [4.78, 5) is 34.2. The van der Waals surface area contributed by atoms with E-state index in [-0.39, 0.29) is 5.91 Å². The molecular formula is C19H17N2O4-. The quantitative estimate of drug-likeness (QED) is 0.813. The summed E-state index contributed by atoms with van der Waals surface area (Å²) in [6.07, 6.45) is 1.48. The first-order valence-electron chi connectivity index (χ1n) is 7.53. The molecule has 6 heteroatoms. The first-order valence-corrected chi connectivity index (χ1v) is 7.53. The lowest BCUT2D eigenvalue weighted by Gasteiger charge is -2.09. The van der Waals surface area contributed by atoms with E-state index in [0.717, 1.165) is 17.2 Å². The Hall–Kier alpha value is -3.41. The molecule has 0 atom stereocenters. The summed E-state index contributed by atoms with van der Waals surface area (Å²) >= 11 is 0. The molecule has 0 fully saturated rings. The highest BCUT2D eigenvalue weighted by Gasteiger charge is 2.08. The fourth-order valence-corrected chi connectivity index (χ4v) is 2.32. The highest BCUT2D eigenvalue weighted by Crippen LogP contribution is 2.16. The minimum atomic E-state index is -1.46. The standard InChI is InChI=1S/C19H18N2O4/c1-12-8-13(2)10-16(9-12)21-19(25)14-4-3-5-15(11-14)20-17(22)6-7-18(23)24/h3-11H,1-2H3,(H,20,22)(H,21,25)(H,23,24)/p-1. The summed E-state index contributed by atoms with van der Waals surface area (Å²) in [5, 5.41) is 15.6. The Morgan fingerprint density at radius 3 is 2.20 bits per heavy atom. The lowest BCUT2D eigenvalue weighted by Crippen LogP contribution is -2.20. The van der Waals surface area contributed by atoms with E-state index < -0.39 is 11.9 Å². The Kier molecular flexibility index (Phi) is 5.68. The minimum Gasteiger partial charge on any atom is -0.545 e. The molecule has 2 aromatic carbocycles. The van der Waals surface area contributed by atoms with E-state index in [1.165, 1.54) is 6.07 Å². The van der Waals surface area contributed by atoms with E-state index >= 15 is 0 Å². The van der Waals surface area contributed by atoms with Gasteiger partial charge in [-0.05, 0) is 61.4 Å². The minimum absolute atomic E-state index is 0.314. The molecule has 0 aliphatic heterocycles. The van der Waals surface area contributed by atoms with Crippen molar-refractivity contribution < 1.29 is 19.5 Å². The highest BCUT2D eigenvalue weighted by atomic mass is 16.4. The van der Waals surface area contributed by atoms with Crippen LogP contribution < -0.4 is 15.7 Å². The third-order valence-electron chi connectivity index (χ3n) is 3.24. The van der Waals surface area contributed by atoms with Gasteiger partial charge >= 0.3 is 0 Å². The zero-order valence-corrected chi connectivity index (χ0v) is 13.8. The van der Waals surface area contributed by atoms with Gasteiger partial charge in [-0.25, -0.2) is 0 Å². The molecule has 0 saturated heterocycles. The fraction of sp³-hybridized carbons (Fsp3) is 0.105. The topological polar surface area (TPSA) is 98.3 Å².